The van der Waals surface area contributed by atoms with E-state index in [-0.39, 0.29) is 36.7 Å². The quantitative estimate of drug-likeness (QED) is 0.780. The Kier molecular flexibility index (Phi) is 8.65. The van der Waals surface area contributed by atoms with E-state index in [9.17, 15) is 4.39 Å². The van der Waals surface area contributed by atoms with E-state index in [4.69, 9.17) is 0 Å². The summed E-state index contributed by atoms with van der Waals surface area (Å²) >= 11 is 3.36. The van der Waals surface area contributed by atoms with E-state index in [1.165, 1.54) is 25.7 Å². The molecule has 0 radical (unpaired) electrons. The molecule has 0 bridgehead atoms. The van der Waals surface area contributed by atoms with Gasteiger partial charge in [-0.2, -0.15) is 0 Å². The molecule has 1 aromatic carbocycles. The van der Waals surface area contributed by atoms with Crippen LogP contribution in [0.3, 0.4) is 0 Å². The second kappa shape index (κ2) is 9.43. The summed E-state index contributed by atoms with van der Waals surface area (Å²) in [5.41, 5.74) is 0.891. The Hall–Kier alpha value is 0.130. The van der Waals surface area contributed by atoms with Gasteiger partial charge in [-0.15, -0.1) is 24.8 Å². The molecule has 1 saturated heterocycles. The molecule has 2 nitrogen and oxygen atoms in total. The largest absolute Gasteiger partial charge is 0.314 e. The second-order valence-electron chi connectivity index (χ2n) is 5.94. The third-order valence-electron chi connectivity index (χ3n) is 4.67. The van der Waals surface area contributed by atoms with Crippen molar-refractivity contribution in [2.75, 3.05) is 26.2 Å². The Morgan fingerprint density at radius 2 is 1.77 bits per heavy atom. The number of nitrogens with one attached hydrogen (secondary N) is 1. The first-order valence-corrected chi connectivity index (χ1v) is 8.45. The summed E-state index contributed by atoms with van der Waals surface area (Å²) < 4.78 is 15.3. The van der Waals surface area contributed by atoms with Gasteiger partial charge in [-0.3, -0.25) is 4.90 Å². The van der Waals surface area contributed by atoms with E-state index in [1.807, 2.05) is 12.1 Å². The van der Waals surface area contributed by atoms with Crippen molar-refractivity contribution in [3.8, 4) is 0 Å². The smallest absolute Gasteiger partial charge is 0.129 e. The first-order chi connectivity index (χ1) is 9.75. The summed E-state index contributed by atoms with van der Waals surface area (Å²) in [4.78, 5) is 2.48. The lowest BCUT2D eigenvalue weighted by atomic mass is 9.89. The van der Waals surface area contributed by atoms with Gasteiger partial charge in [0.15, 0.2) is 0 Å². The fourth-order valence-electron chi connectivity index (χ4n) is 3.72. The van der Waals surface area contributed by atoms with Gasteiger partial charge >= 0.3 is 0 Å². The lowest BCUT2D eigenvalue weighted by Gasteiger charge is -2.38. The number of halogens is 4. The third-order valence-corrected chi connectivity index (χ3v) is 5.17. The van der Waals surface area contributed by atoms with Gasteiger partial charge in [0, 0.05) is 42.3 Å². The van der Waals surface area contributed by atoms with E-state index < -0.39 is 0 Å². The Labute approximate surface area is 153 Å². The first kappa shape index (κ1) is 20.2. The van der Waals surface area contributed by atoms with Crippen LogP contribution in [0.5, 0.6) is 0 Å². The van der Waals surface area contributed by atoms with Crippen LogP contribution in [-0.2, 0) is 0 Å². The third kappa shape index (κ3) is 4.57. The van der Waals surface area contributed by atoms with Gasteiger partial charge in [-0.25, -0.2) is 4.39 Å². The molecule has 1 N–H and O–H groups in total. The topological polar surface area (TPSA) is 15.3 Å². The van der Waals surface area contributed by atoms with Crippen LogP contribution < -0.4 is 5.32 Å². The van der Waals surface area contributed by atoms with Crippen LogP contribution in [0, 0.1) is 11.7 Å². The summed E-state index contributed by atoms with van der Waals surface area (Å²) in [5.74, 6) is 0.554. The Morgan fingerprint density at radius 1 is 1.14 bits per heavy atom. The highest BCUT2D eigenvalue weighted by Gasteiger charge is 2.33. The maximum Gasteiger partial charge on any atom is 0.129 e. The number of hydrogen-bond donors (Lipinski definition) is 1. The number of hydrogen-bond acceptors (Lipinski definition) is 2. The molecular weight excluding hydrogens is 390 g/mol. The summed E-state index contributed by atoms with van der Waals surface area (Å²) in [6, 6.07) is 5.82. The van der Waals surface area contributed by atoms with Crippen molar-refractivity contribution in [3.05, 3.63) is 34.1 Å². The molecule has 0 amide bonds. The van der Waals surface area contributed by atoms with Crippen LogP contribution in [0.2, 0.25) is 0 Å². The molecular formula is C16H24BrCl2FN2. The Morgan fingerprint density at radius 3 is 2.36 bits per heavy atom. The average Bonchev–Trinajstić information content (AvgIpc) is 2.97. The van der Waals surface area contributed by atoms with Crippen molar-refractivity contribution in [3.63, 3.8) is 0 Å². The number of nitrogens with zero attached hydrogens (tertiary/aromatic N) is 1. The maximum absolute atomic E-state index is 14.4. The van der Waals surface area contributed by atoms with Crippen LogP contribution in [0.15, 0.2) is 22.7 Å². The number of benzene rings is 1. The molecule has 1 saturated carbocycles. The van der Waals surface area contributed by atoms with Crippen molar-refractivity contribution in [2.45, 2.75) is 31.7 Å². The van der Waals surface area contributed by atoms with E-state index in [1.54, 1.807) is 6.07 Å². The standard InChI is InChI=1S/C16H22BrFN2.2ClH/c17-13-5-6-14(15(18)11-13)16(12-3-1-2-4-12)20-9-7-19-8-10-20;;/h5-6,11-12,16,19H,1-4,7-10H2;2*1H/t16-;;/m1../s1. The van der Waals surface area contributed by atoms with E-state index >= 15 is 0 Å². The van der Waals surface area contributed by atoms with Crippen molar-refractivity contribution >= 4 is 40.7 Å². The van der Waals surface area contributed by atoms with Crippen LogP contribution in [0.25, 0.3) is 0 Å². The molecule has 6 heteroatoms. The molecule has 126 valence electrons. The molecule has 3 rings (SSSR count). The molecule has 2 fully saturated rings. The summed E-state index contributed by atoms with van der Waals surface area (Å²) in [7, 11) is 0. The van der Waals surface area contributed by atoms with Gasteiger partial charge < -0.3 is 5.32 Å². The van der Waals surface area contributed by atoms with E-state index in [2.05, 4.69) is 26.1 Å². The molecule has 0 spiro atoms. The highest BCUT2D eigenvalue weighted by molar-refractivity contribution is 9.10. The van der Waals surface area contributed by atoms with Crippen molar-refractivity contribution in [2.24, 2.45) is 5.92 Å². The molecule has 1 atom stereocenters. The lowest BCUT2D eigenvalue weighted by molar-refractivity contribution is 0.122. The molecule has 1 aliphatic heterocycles. The molecule has 22 heavy (non-hydrogen) atoms. The Balaban J connectivity index is 0.00000121. The molecule has 2 aliphatic rings. The van der Waals surface area contributed by atoms with Gasteiger partial charge in [0.2, 0.25) is 0 Å². The van der Waals surface area contributed by atoms with Crippen LogP contribution in [0.1, 0.15) is 37.3 Å². The molecule has 0 unspecified atom stereocenters. The zero-order valence-electron chi connectivity index (χ0n) is 12.6. The van der Waals surface area contributed by atoms with Gasteiger partial charge in [0.05, 0.1) is 0 Å². The van der Waals surface area contributed by atoms with Crippen LogP contribution >= 0.6 is 40.7 Å². The van der Waals surface area contributed by atoms with Crippen molar-refractivity contribution in [1.82, 2.24) is 10.2 Å². The average molecular weight is 414 g/mol. The molecule has 1 aromatic rings. The summed E-state index contributed by atoms with van der Waals surface area (Å²) in [6.45, 7) is 4.08. The number of rotatable bonds is 3. The van der Waals surface area contributed by atoms with Gasteiger partial charge in [0.25, 0.3) is 0 Å². The highest BCUT2D eigenvalue weighted by Crippen LogP contribution is 2.40. The van der Waals surface area contributed by atoms with Gasteiger partial charge in [-0.1, -0.05) is 34.8 Å². The normalized spacial score (nSPS) is 21.0. The highest BCUT2D eigenvalue weighted by atomic mass is 79.9. The zero-order valence-corrected chi connectivity index (χ0v) is 15.8. The first-order valence-electron chi connectivity index (χ1n) is 7.65. The monoisotopic (exact) mass is 412 g/mol. The minimum absolute atomic E-state index is 0. The Bertz CT molecular complexity index is 463. The van der Waals surface area contributed by atoms with E-state index in [0.29, 0.717) is 5.92 Å². The minimum Gasteiger partial charge on any atom is -0.314 e. The summed E-state index contributed by atoms with van der Waals surface area (Å²) in [5, 5.41) is 3.39. The predicted octanol–water partition coefficient (Wildman–Crippen LogP) is 4.57. The fourth-order valence-corrected chi connectivity index (χ4v) is 4.06. The maximum atomic E-state index is 14.4. The zero-order chi connectivity index (χ0) is 13.9. The number of piperazine rings is 1. The molecule has 0 aromatic heterocycles. The SMILES string of the molecule is Cl.Cl.Fc1cc(Br)ccc1[C@@H](C1CCCC1)N1CCNCC1. The predicted molar refractivity (Wildman–Crippen MR) is 97.7 cm³/mol. The minimum atomic E-state index is -0.0604. The second-order valence-corrected chi connectivity index (χ2v) is 6.86. The molecule has 1 heterocycles. The van der Waals surface area contributed by atoms with Gasteiger partial charge in [-0.05, 0) is 30.9 Å². The summed E-state index contributed by atoms with van der Waals surface area (Å²) in [6.07, 6.45) is 5.07. The fraction of sp³-hybridized carbons (Fsp3) is 0.625. The van der Waals surface area contributed by atoms with E-state index in [0.717, 1.165) is 36.2 Å². The van der Waals surface area contributed by atoms with Crippen LogP contribution in [0.4, 0.5) is 4.39 Å². The lowest BCUT2D eigenvalue weighted by Crippen LogP contribution is -2.46. The van der Waals surface area contributed by atoms with Gasteiger partial charge in [0.1, 0.15) is 5.82 Å². The molecule has 1 aliphatic carbocycles. The van der Waals surface area contributed by atoms with Crippen molar-refractivity contribution in [1.29, 1.82) is 0 Å². The van der Waals surface area contributed by atoms with Crippen LogP contribution in [-0.4, -0.2) is 31.1 Å². The van der Waals surface area contributed by atoms with Crippen molar-refractivity contribution < 1.29 is 4.39 Å².